The lowest BCUT2D eigenvalue weighted by Gasteiger charge is -2.30. The van der Waals surface area contributed by atoms with Crippen LogP contribution in [-0.2, 0) is 28.5 Å². The van der Waals surface area contributed by atoms with Crippen molar-refractivity contribution in [3.8, 4) is 0 Å². The molecule has 0 aromatic carbocycles. The molecule has 4 fully saturated rings. The van der Waals surface area contributed by atoms with E-state index in [2.05, 4.69) is 19.1 Å². The summed E-state index contributed by atoms with van der Waals surface area (Å²) in [6.07, 6.45) is 16.5. The van der Waals surface area contributed by atoms with E-state index in [4.69, 9.17) is 24.1 Å². The van der Waals surface area contributed by atoms with Gasteiger partial charge in [0.25, 0.3) is 0 Å². The molecule has 2 saturated heterocycles. The fourth-order valence-electron chi connectivity index (χ4n) is 6.96. The summed E-state index contributed by atoms with van der Waals surface area (Å²) in [5, 5.41) is 8.92. The minimum absolute atomic E-state index is 0.0210. The summed E-state index contributed by atoms with van der Waals surface area (Å²) >= 11 is 0. The van der Waals surface area contributed by atoms with Crippen LogP contribution in [0.3, 0.4) is 0 Å². The molecule has 8 atom stereocenters. The van der Waals surface area contributed by atoms with Crippen LogP contribution < -0.4 is 0 Å². The Morgan fingerprint density at radius 1 is 1.25 bits per heavy atom. The van der Waals surface area contributed by atoms with Crippen molar-refractivity contribution in [1.82, 2.24) is 0 Å². The van der Waals surface area contributed by atoms with E-state index in [0.717, 1.165) is 38.2 Å². The number of aliphatic carboxylic acids is 1. The van der Waals surface area contributed by atoms with Crippen molar-refractivity contribution in [2.24, 2.45) is 23.7 Å². The summed E-state index contributed by atoms with van der Waals surface area (Å²) < 4.78 is 24.6. The quantitative estimate of drug-likeness (QED) is 0.255. The lowest BCUT2D eigenvalue weighted by atomic mass is 9.87. The van der Waals surface area contributed by atoms with Gasteiger partial charge in [-0.2, -0.15) is 0 Å². The standard InChI is InChI=1S/C29H46O7/c1-3-8-20-11-12-21(17-20)25(35-28-10-5-7-16-34-28)14-13-22-23-19-29(33-2,15-6-4-9-27(31)32)36-26(23)18-24(22)30/h13-14,20-23,25-26,28H,3-12,15-19H2,1-2H3,(H,31,32)/b14-13+/t20?,21?,22-,23-,25-,26-,28?,29?/m1/s1. The molecule has 4 rings (SSSR count). The first-order valence-electron chi connectivity index (χ1n) is 14.4. The molecule has 36 heavy (non-hydrogen) atoms. The Bertz CT molecular complexity index is 761. The van der Waals surface area contributed by atoms with E-state index >= 15 is 0 Å². The number of carbonyl (C=O) groups is 2. The Morgan fingerprint density at radius 2 is 2.11 bits per heavy atom. The van der Waals surface area contributed by atoms with Gasteiger partial charge in [-0.1, -0.05) is 38.3 Å². The number of rotatable bonds is 13. The van der Waals surface area contributed by atoms with E-state index in [0.29, 0.717) is 31.6 Å². The number of fused-ring (bicyclic) bond motifs is 1. The third-order valence-corrected chi connectivity index (χ3v) is 8.89. The van der Waals surface area contributed by atoms with E-state index in [1.54, 1.807) is 7.11 Å². The SMILES string of the molecule is CCCC1CCC([C@@H](/C=C/[C@H]2C(=O)C[C@H]3OC(CCCCC(=O)O)(OC)C[C@@H]32)OC2CCCCO2)C1. The minimum Gasteiger partial charge on any atom is -0.481 e. The zero-order chi connectivity index (χ0) is 25.5. The highest BCUT2D eigenvalue weighted by Crippen LogP contribution is 2.49. The van der Waals surface area contributed by atoms with Crippen molar-refractivity contribution in [3.63, 3.8) is 0 Å². The van der Waals surface area contributed by atoms with Crippen molar-refractivity contribution in [1.29, 1.82) is 0 Å². The highest BCUT2D eigenvalue weighted by Gasteiger charge is 2.54. The Balaban J connectivity index is 1.41. The number of carboxylic acid groups (broad SMARTS) is 1. The lowest BCUT2D eigenvalue weighted by molar-refractivity contribution is -0.216. The molecule has 0 amide bonds. The van der Waals surface area contributed by atoms with Gasteiger partial charge in [0.2, 0.25) is 0 Å². The van der Waals surface area contributed by atoms with E-state index in [1.165, 1.54) is 32.1 Å². The highest BCUT2D eigenvalue weighted by atomic mass is 16.7. The summed E-state index contributed by atoms with van der Waals surface area (Å²) in [6, 6.07) is 0. The van der Waals surface area contributed by atoms with Gasteiger partial charge < -0.3 is 24.1 Å². The van der Waals surface area contributed by atoms with Crippen LogP contribution in [0, 0.1) is 23.7 Å². The van der Waals surface area contributed by atoms with Crippen LogP contribution in [0.15, 0.2) is 12.2 Å². The number of unbranched alkanes of at least 4 members (excludes halogenated alkanes) is 1. The molecule has 2 heterocycles. The average Bonchev–Trinajstić information content (AvgIpc) is 3.54. The Morgan fingerprint density at radius 3 is 2.83 bits per heavy atom. The summed E-state index contributed by atoms with van der Waals surface area (Å²) in [6.45, 7) is 3.02. The fraction of sp³-hybridized carbons (Fsp3) is 0.862. The second-order valence-corrected chi connectivity index (χ2v) is 11.4. The molecule has 4 aliphatic rings. The van der Waals surface area contributed by atoms with E-state index in [1.807, 2.05) is 0 Å². The lowest BCUT2D eigenvalue weighted by Crippen LogP contribution is -2.33. The van der Waals surface area contributed by atoms with Gasteiger partial charge in [0.1, 0.15) is 5.78 Å². The predicted molar refractivity (Wildman–Crippen MR) is 135 cm³/mol. The van der Waals surface area contributed by atoms with Gasteiger partial charge in [-0.25, -0.2) is 0 Å². The zero-order valence-corrected chi connectivity index (χ0v) is 22.2. The van der Waals surface area contributed by atoms with Crippen molar-refractivity contribution in [2.45, 2.75) is 121 Å². The number of carboxylic acids is 1. The molecule has 0 spiro atoms. The smallest absolute Gasteiger partial charge is 0.303 e. The Labute approximate surface area is 216 Å². The van der Waals surface area contributed by atoms with Gasteiger partial charge in [0.05, 0.1) is 12.2 Å². The van der Waals surface area contributed by atoms with Gasteiger partial charge in [0, 0.05) is 51.2 Å². The number of carbonyl (C=O) groups excluding carboxylic acids is 1. The van der Waals surface area contributed by atoms with E-state index < -0.39 is 11.8 Å². The predicted octanol–water partition coefficient (Wildman–Crippen LogP) is 5.65. The maximum absolute atomic E-state index is 13.0. The molecule has 0 bridgehead atoms. The highest BCUT2D eigenvalue weighted by molar-refractivity contribution is 5.86. The fourth-order valence-corrected chi connectivity index (χ4v) is 6.96. The molecule has 1 N–H and O–H groups in total. The average molecular weight is 507 g/mol. The van der Waals surface area contributed by atoms with Crippen molar-refractivity contribution in [2.75, 3.05) is 13.7 Å². The maximum atomic E-state index is 13.0. The summed E-state index contributed by atoms with van der Waals surface area (Å²) in [4.78, 5) is 23.8. The normalized spacial score (nSPS) is 37.6. The molecule has 0 aromatic rings. The molecule has 2 saturated carbocycles. The number of Topliss-reactive ketones (excluding diaryl/α,β-unsaturated/α-hetero) is 1. The molecule has 7 nitrogen and oxygen atoms in total. The van der Waals surface area contributed by atoms with Gasteiger partial charge in [-0.15, -0.1) is 0 Å². The molecule has 0 radical (unpaired) electrons. The summed E-state index contributed by atoms with van der Waals surface area (Å²) in [5.74, 6) is -0.0993. The topological polar surface area (TPSA) is 91.3 Å². The summed E-state index contributed by atoms with van der Waals surface area (Å²) in [7, 11) is 1.66. The van der Waals surface area contributed by atoms with Gasteiger partial charge >= 0.3 is 5.97 Å². The van der Waals surface area contributed by atoms with Crippen LogP contribution in [-0.4, -0.2) is 54.9 Å². The van der Waals surface area contributed by atoms with Gasteiger partial charge in [-0.3, -0.25) is 9.59 Å². The number of ketones is 1. The number of hydrogen-bond donors (Lipinski definition) is 1. The van der Waals surface area contributed by atoms with Crippen LogP contribution in [0.1, 0.15) is 96.8 Å². The summed E-state index contributed by atoms with van der Waals surface area (Å²) in [5.41, 5.74) is 0. The maximum Gasteiger partial charge on any atom is 0.303 e. The van der Waals surface area contributed by atoms with E-state index in [-0.39, 0.29) is 42.5 Å². The van der Waals surface area contributed by atoms with Crippen molar-refractivity contribution in [3.05, 3.63) is 12.2 Å². The second kappa shape index (κ2) is 13.0. The first-order chi connectivity index (χ1) is 17.4. The van der Waals surface area contributed by atoms with E-state index in [9.17, 15) is 9.59 Å². The first kappa shape index (κ1) is 27.7. The Kier molecular flexibility index (Phi) is 10.0. The van der Waals surface area contributed by atoms with Crippen molar-refractivity contribution < 1.29 is 33.6 Å². The minimum atomic E-state index is -0.778. The second-order valence-electron chi connectivity index (χ2n) is 11.4. The molecule has 2 aliphatic heterocycles. The van der Waals surface area contributed by atoms with Crippen LogP contribution in [0.5, 0.6) is 0 Å². The third-order valence-electron chi connectivity index (χ3n) is 8.89. The monoisotopic (exact) mass is 506 g/mol. The number of hydrogen-bond acceptors (Lipinski definition) is 6. The van der Waals surface area contributed by atoms with Crippen LogP contribution in [0.2, 0.25) is 0 Å². The third kappa shape index (κ3) is 6.97. The Hall–Kier alpha value is -1.28. The molecule has 4 unspecified atom stereocenters. The van der Waals surface area contributed by atoms with Crippen molar-refractivity contribution >= 4 is 11.8 Å². The van der Waals surface area contributed by atoms with Crippen LogP contribution >= 0.6 is 0 Å². The zero-order valence-electron chi connectivity index (χ0n) is 22.2. The first-order valence-corrected chi connectivity index (χ1v) is 14.4. The molecule has 204 valence electrons. The van der Waals surface area contributed by atoms with Gasteiger partial charge in [0.15, 0.2) is 12.1 Å². The largest absolute Gasteiger partial charge is 0.481 e. The molecular formula is C29H46O7. The molecule has 2 aliphatic carbocycles. The molecule has 7 heteroatoms. The number of methoxy groups -OCH3 is 1. The van der Waals surface area contributed by atoms with Crippen LogP contribution in [0.25, 0.3) is 0 Å². The number of ether oxygens (including phenoxy) is 4. The molecular weight excluding hydrogens is 460 g/mol. The van der Waals surface area contributed by atoms with Gasteiger partial charge in [-0.05, 0) is 56.8 Å². The number of allylic oxidation sites excluding steroid dienone is 1. The molecule has 0 aromatic heterocycles. The van der Waals surface area contributed by atoms with Crippen LogP contribution in [0.4, 0.5) is 0 Å².